The highest BCUT2D eigenvalue weighted by Crippen LogP contribution is 2.59. The Balaban J connectivity index is 1.16. The lowest BCUT2D eigenvalue weighted by Crippen LogP contribution is -2.26. The van der Waals surface area contributed by atoms with Crippen LogP contribution in [0.1, 0.15) is 243 Å². The lowest BCUT2D eigenvalue weighted by atomic mass is 9.74. The van der Waals surface area contributed by atoms with Crippen LogP contribution in [0.2, 0.25) is 0 Å². The molecule has 0 atom stereocenters. The fraction of sp³-hybridized carbons (Fsp3) is 0.381. The lowest BCUT2D eigenvalue weighted by molar-refractivity contribution is 0.0894. The van der Waals surface area contributed by atoms with Gasteiger partial charge in [-0.05, 0) is 169 Å². The van der Waals surface area contributed by atoms with E-state index >= 15 is 0 Å². The van der Waals surface area contributed by atoms with Crippen LogP contribution in [0.25, 0.3) is 0 Å². The number of unbranched alkanes of at least 4 members (excludes halogenated alkanes) is 8. The Hall–Kier alpha value is -10.8. The molecule has 104 heavy (non-hydrogen) atoms. The quantitative estimate of drug-likeness (QED) is 0.0133. The largest absolute Gasteiger partial charge is 0.489 e. The number of oxime groups is 4. The molecule has 0 saturated carbocycles. The van der Waals surface area contributed by atoms with E-state index < -0.39 is 0 Å². The fourth-order valence-corrected chi connectivity index (χ4v) is 15.3. The van der Waals surface area contributed by atoms with Gasteiger partial charge in [0.05, 0.1) is 47.1 Å². The van der Waals surface area contributed by atoms with Crippen molar-refractivity contribution in [3.63, 3.8) is 0 Å². The van der Waals surface area contributed by atoms with Gasteiger partial charge in [-0.1, -0.05) is 125 Å². The summed E-state index contributed by atoms with van der Waals surface area (Å²) in [5, 5.41) is 51.0. The average molecular weight is 1410 g/mol. The Kier molecular flexibility index (Phi) is 23.7. The minimum absolute atomic E-state index is 0.0250. The maximum Gasteiger partial charge on any atom is 0.230 e. The summed E-state index contributed by atoms with van der Waals surface area (Å²) in [6.07, 6.45) is 19.4. The van der Waals surface area contributed by atoms with Crippen LogP contribution in [0, 0.1) is 0 Å². The van der Waals surface area contributed by atoms with Gasteiger partial charge in [0.2, 0.25) is 27.2 Å². The molecule has 13 rings (SSSR count). The van der Waals surface area contributed by atoms with Crippen LogP contribution < -0.4 is 56.8 Å². The van der Waals surface area contributed by atoms with Gasteiger partial charge in [-0.15, -0.1) is 0 Å². The Bertz CT molecular complexity index is 3690. The average Bonchev–Trinajstić information content (AvgIpc) is 0.722. The standard InChI is InChI=1S/C84H92N4O16/c1-5-9-13-17-61-65-37-67-62(18-14-10-6-2)69-39-71-64(20-16-12-8-4)72-40-70-63(19-15-11-7-3)68-38-66(61)78-74(46-94-58-31-23-54(24-32-58)42-86-90)80(68)100-51-102-82(70)76(48-96-60-35-27-56(28-36-60)44-88-92)84(72)104-52-103-83(71)75(47-95-59-33-25-55(26-34-59)43-87-91)81(69)101-50-99-79(67)73(77(65)97-49-98-78)45-93-57-29-21-53(22-30-57)41-85-89/h21-44,61-64,89-92H,5-20,45-52H2,1-4H3/b85-41+,86-42+,87-43+,88-44+. The zero-order valence-electron chi connectivity index (χ0n) is 59.6. The summed E-state index contributed by atoms with van der Waals surface area (Å²) >= 11 is 0. The molecule has 4 aliphatic heterocycles. The molecule has 0 unspecified atom stereocenters. The van der Waals surface area contributed by atoms with Gasteiger partial charge < -0.3 is 77.7 Å². The van der Waals surface area contributed by atoms with Crippen molar-refractivity contribution >= 4 is 24.9 Å². The molecule has 20 heteroatoms. The van der Waals surface area contributed by atoms with Crippen LogP contribution in [0.5, 0.6) is 69.0 Å². The Morgan fingerprint density at radius 3 is 0.635 bits per heavy atom. The van der Waals surface area contributed by atoms with E-state index in [1.54, 1.807) is 0 Å². The molecule has 1 aliphatic carbocycles. The first-order chi connectivity index (χ1) is 51.3. The first-order valence-electron chi connectivity index (χ1n) is 36.7. The van der Waals surface area contributed by atoms with Crippen LogP contribution in [0.3, 0.4) is 0 Å². The topological polar surface area (TPSA) is 241 Å². The summed E-state index contributed by atoms with van der Waals surface area (Å²) in [7, 11) is 0. The van der Waals surface area contributed by atoms with E-state index in [4.69, 9.17) is 56.8 Å². The molecule has 8 aromatic carbocycles. The molecule has 20 nitrogen and oxygen atoms in total. The maximum absolute atomic E-state index is 9.48. The van der Waals surface area contributed by atoms with Crippen molar-refractivity contribution in [1.82, 2.24) is 0 Å². The van der Waals surface area contributed by atoms with Gasteiger partial charge >= 0.3 is 0 Å². The van der Waals surface area contributed by atoms with Gasteiger partial charge in [0, 0.05) is 68.2 Å². The van der Waals surface area contributed by atoms with E-state index in [0.717, 1.165) is 122 Å². The zero-order chi connectivity index (χ0) is 71.7. The summed E-state index contributed by atoms with van der Waals surface area (Å²) in [5.41, 5.74) is 13.2. The van der Waals surface area contributed by atoms with Crippen molar-refractivity contribution in [2.75, 3.05) is 27.2 Å². The normalized spacial score (nSPS) is 16.7. The summed E-state index contributed by atoms with van der Waals surface area (Å²) < 4.78 is 85.7. The van der Waals surface area contributed by atoms with Crippen molar-refractivity contribution in [2.45, 2.75) is 181 Å². The minimum atomic E-state index is -0.374. The molecule has 4 heterocycles. The molecule has 0 saturated heterocycles. The second kappa shape index (κ2) is 34.5. The molecule has 0 spiro atoms. The smallest absolute Gasteiger partial charge is 0.230 e. The van der Waals surface area contributed by atoms with Crippen molar-refractivity contribution in [2.24, 2.45) is 20.6 Å². The van der Waals surface area contributed by atoms with Crippen LogP contribution in [0.15, 0.2) is 142 Å². The number of benzene rings is 8. The first kappa shape index (κ1) is 71.6. The van der Waals surface area contributed by atoms with E-state index in [9.17, 15) is 20.8 Å². The molecular formula is C84H92N4O16. The number of nitrogens with zero attached hydrogens (tertiary/aromatic N) is 4. The van der Waals surface area contributed by atoms with Gasteiger partial charge in [-0.3, -0.25) is 0 Å². The van der Waals surface area contributed by atoms with Crippen molar-refractivity contribution in [3.05, 3.63) is 210 Å². The zero-order valence-corrected chi connectivity index (χ0v) is 59.6. The second-order valence-electron chi connectivity index (χ2n) is 27.0. The van der Waals surface area contributed by atoms with Crippen molar-refractivity contribution in [1.29, 1.82) is 0 Å². The molecule has 8 aromatic rings. The van der Waals surface area contributed by atoms with E-state index in [0.29, 0.717) is 139 Å². The molecule has 4 N–H and O–H groups in total. The van der Waals surface area contributed by atoms with E-state index in [-0.39, 0.29) is 77.3 Å². The van der Waals surface area contributed by atoms with Gasteiger partial charge in [-0.25, -0.2) is 0 Å². The van der Waals surface area contributed by atoms with Crippen LogP contribution in [-0.4, -0.2) is 72.9 Å². The predicted molar refractivity (Wildman–Crippen MR) is 395 cm³/mol. The van der Waals surface area contributed by atoms with Gasteiger partial charge in [0.25, 0.3) is 0 Å². The summed E-state index contributed by atoms with van der Waals surface area (Å²) in [6, 6.07) is 39.0. The van der Waals surface area contributed by atoms with Crippen molar-refractivity contribution < 1.29 is 77.7 Å². The lowest BCUT2D eigenvalue weighted by Gasteiger charge is -2.37. The Morgan fingerprint density at radius 2 is 0.471 bits per heavy atom. The fourth-order valence-electron chi connectivity index (χ4n) is 15.3. The molecule has 0 aromatic heterocycles. The number of rotatable bonds is 32. The van der Waals surface area contributed by atoms with E-state index in [1.807, 2.05) is 97.1 Å². The Morgan fingerprint density at radius 1 is 0.288 bits per heavy atom. The number of hydrogen-bond acceptors (Lipinski definition) is 20. The highest BCUT2D eigenvalue weighted by atomic mass is 16.7. The van der Waals surface area contributed by atoms with Crippen molar-refractivity contribution in [3.8, 4) is 69.0 Å². The highest BCUT2D eigenvalue weighted by molar-refractivity contribution is 5.81. The summed E-state index contributed by atoms with van der Waals surface area (Å²) in [5.74, 6) is 5.53. The van der Waals surface area contributed by atoms with Crippen LogP contribution in [-0.2, 0) is 26.4 Å². The molecule has 5 aliphatic rings. The molecule has 0 radical (unpaired) electrons. The van der Waals surface area contributed by atoms with E-state index in [1.165, 1.54) is 24.9 Å². The molecule has 0 fully saturated rings. The predicted octanol–water partition coefficient (Wildman–Crippen LogP) is 19.3. The minimum Gasteiger partial charge on any atom is -0.489 e. The monoisotopic (exact) mass is 1410 g/mol. The molecular weight excluding hydrogens is 1320 g/mol. The number of ether oxygens (including phenoxy) is 12. The third-order valence-corrected chi connectivity index (χ3v) is 20.4. The van der Waals surface area contributed by atoms with E-state index in [2.05, 4.69) is 72.6 Å². The van der Waals surface area contributed by atoms with Crippen LogP contribution in [0.4, 0.5) is 0 Å². The molecule has 8 bridgehead atoms. The first-order valence-corrected chi connectivity index (χ1v) is 36.7. The number of hydrogen-bond donors (Lipinski definition) is 4. The summed E-state index contributed by atoms with van der Waals surface area (Å²) in [6.45, 7) is 8.13. The molecule has 544 valence electrons. The molecule has 0 amide bonds. The third-order valence-electron chi connectivity index (χ3n) is 20.4. The highest BCUT2D eigenvalue weighted by Gasteiger charge is 2.42. The van der Waals surface area contributed by atoms with Crippen LogP contribution >= 0.6 is 0 Å². The summed E-state index contributed by atoms with van der Waals surface area (Å²) in [4.78, 5) is 0. The third kappa shape index (κ3) is 15.7. The van der Waals surface area contributed by atoms with Gasteiger partial charge in [-0.2, -0.15) is 0 Å². The Labute approximate surface area is 607 Å². The SMILES string of the molecule is CCCCCC1c2cc3c4c(COc5ccc(/C=N/O)cc5)c2OCOc2c1cc1c(c2COc2ccc(/C=N/O)cc2)OCOc2c(cc5c(c2COc2ccc(/C=N/O)cc2)OCOc2c(cc(c(c2COc2ccc(/C=N/O)cc2)OCO4)C3CCCCC)C5CCCCC)C1CCCCC. The second-order valence-corrected chi connectivity index (χ2v) is 27.0. The van der Waals surface area contributed by atoms with Gasteiger partial charge in [0.15, 0.2) is 0 Å². The van der Waals surface area contributed by atoms with Gasteiger partial charge in [0.1, 0.15) is 95.4 Å². The maximum atomic E-state index is 9.48.